The Labute approximate surface area is 119 Å². The topological polar surface area (TPSA) is 59.6 Å². The van der Waals surface area contributed by atoms with E-state index < -0.39 is 17.7 Å². The molecule has 0 aliphatic rings. The Morgan fingerprint density at radius 1 is 1.10 bits per heavy atom. The van der Waals surface area contributed by atoms with Crippen molar-refractivity contribution in [2.45, 2.75) is 0 Å². The fourth-order valence-corrected chi connectivity index (χ4v) is 1.48. The van der Waals surface area contributed by atoms with Gasteiger partial charge in [-0.3, -0.25) is 5.43 Å². The van der Waals surface area contributed by atoms with Gasteiger partial charge >= 0.3 is 6.09 Å². The number of anilines is 1. The minimum absolute atomic E-state index is 0.370. The first-order chi connectivity index (χ1) is 10.1. The third kappa shape index (κ3) is 4.07. The number of nitrogens with one attached hydrogen (secondary N) is 2. The molecule has 0 atom stereocenters. The standard InChI is InChI=1S/C14H12F2N2O3/c1-20-11-5-3-10(4-6-11)17-18-14(19)21-13-7-2-9(15)8-12(13)16/h2-8,17H,1H3,(H,18,19). The van der Waals surface area contributed by atoms with E-state index in [1.165, 1.54) is 7.11 Å². The van der Waals surface area contributed by atoms with Crippen LogP contribution in [0.15, 0.2) is 42.5 Å². The quantitative estimate of drug-likeness (QED) is 0.851. The van der Waals surface area contributed by atoms with Crippen LogP contribution >= 0.6 is 0 Å². The van der Waals surface area contributed by atoms with E-state index in [2.05, 4.69) is 15.6 Å². The lowest BCUT2D eigenvalue weighted by Crippen LogP contribution is -2.32. The Bertz CT molecular complexity index is 633. The summed E-state index contributed by atoms with van der Waals surface area (Å²) in [6, 6.07) is 9.35. The van der Waals surface area contributed by atoms with E-state index in [1.807, 2.05) is 0 Å². The number of methoxy groups -OCH3 is 1. The number of amides is 1. The number of hydrazine groups is 1. The van der Waals surface area contributed by atoms with Crippen molar-refractivity contribution >= 4 is 11.8 Å². The zero-order valence-electron chi connectivity index (χ0n) is 11.0. The molecule has 0 radical (unpaired) electrons. The Hall–Kier alpha value is -2.83. The molecule has 0 spiro atoms. The molecule has 1 amide bonds. The smallest absolute Gasteiger partial charge is 0.431 e. The second kappa shape index (κ2) is 6.56. The van der Waals surface area contributed by atoms with Gasteiger partial charge in [0.15, 0.2) is 11.6 Å². The average molecular weight is 294 g/mol. The van der Waals surface area contributed by atoms with Crippen molar-refractivity contribution in [1.82, 2.24) is 5.43 Å². The van der Waals surface area contributed by atoms with Crippen LogP contribution in [0.25, 0.3) is 0 Å². The van der Waals surface area contributed by atoms with E-state index in [-0.39, 0.29) is 5.75 Å². The maximum absolute atomic E-state index is 13.3. The molecule has 2 aromatic rings. The molecule has 0 aromatic heterocycles. The first-order valence-corrected chi connectivity index (χ1v) is 5.91. The van der Waals surface area contributed by atoms with Crippen LogP contribution < -0.4 is 20.3 Å². The molecule has 0 bridgehead atoms. The van der Waals surface area contributed by atoms with E-state index >= 15 is 0 Å². The Balaban J connectivity index is 1.89. The predicted octanol–water partition coefficient (Wildman–Crippen LogP) is 3.09. The van der Waals surface area contributed by atoms with E-state index in [4.69, 9.17) is 4.74 Å². The number of benzene rings is 2. The number of halogens is 2. The van der Waals surface area contributed by atoms with Crippen molar-refractivity contribution in [2.75, 3.05) is 12.5 Å². The van der Waals surface area contributed by atoms with Crippen LogP contribution in [0.5, 0.6) is 11.5 Å². The first kappa shape index (κ1) is 14.6. The average Bonchev–Trinajstić information content (AvgIpc) is 2.48. The largest absolute Gasteiger partial charge is 0.497 e. The summed E-state index contributed by atoms with van der Waals surface area (Å²) in [5, 5.41) is 0. The van der Waals surface area contributed by atoms with Gasteiger partial charge in [-0.05, 0) is 36.4 Å². The Kier molecular flexibility index (Phi) is 4.55. The lowest BCUT2D eigenvalue weighted by atomic mass is 10.3. The van der Waals surface area contributed by atoms with Crippen LogP contribution in [0.2, 0.25) is 0 Å². The summed E-state index contributed by atoms with van der Waals surface area (Å²) in [5.74, 6) is -1.42. The van der Waals surface area contributed by atoms with Crippen LogP contribution in [0.3, 0.4) is 0 Å². The van der Waals surface area contributed by atoms with Crippen molar-refractivity contribution in [3.63, 3.8) is 0 Å². The van der Waals surface area contributed by atoms with E-state index in [0.717, 1.165) is 12.1 Å². The number of hydrogen-bond donors (Lipinski definition) is 2. The molecule has 0 saturated heterocycles. The van der Waals surface area contributed by atoms with Gasteiger partial charge in [0.1, 0.15) is 11.6 Å². The van der Waals surface area contributed by atoms with Gasteiger partial charge in [-0.25, -0.2) is 19.0 Å². The summed E-state index contributed by atoms with van der Waals surface area (Å²) in [6.45, 7) is 0. The molecule has 0 aliphatic carbocycles. The molecule has 2 rings (SSSR count). The Morgan fingerprint density at radius 2 is 1.81 bits per heavy atom. The lowest BCUT2D eigenvalue weighted by molar-refractivity contribution is 0.200. The highest BCUT2D eigenvalue weighted by Gasteiger charge is 2.09. The summed E-state index contributed by atoms with van der Waals surface area (Å²) in [6.07, 6.45) is -0.934. The maximum Gasteiger partial charge on any atom is 0.431 e. The molecular formula is C14H12F2N2O3. The zero-order valence-corrected chi connectivity index (χ0v) is 11.0. The molecular weight excluding hydrogens is 282 g/mol. The summed E-state index contributed by atoms with van der Waals surface area (Å²) >= 11 is 0. The van der Waals surface area contributed by atoms with Gasteiger partial charge in [-0.15, -0.1) is 0 Å². The highest BCUT2D eigenvalue weighted by Crippen LogP contribution is 2.18. The van der Waals surface area contributed by atoms with Crippen LogP contribution in [0.4, 0.5) is 19.3 Å². The van der Waals surface area contributed by atoms with E-state index in [1.54, 1.807) is 24.3 Å². The zero-order chi connectivity index (χ0) is 15.2. The normalized spacial score (nSPS) is 9.86. The SMILES string of the molecule is COc1ccc(NNC(=O)Oc2ccc(F)cc2F)cc1. The van der Waals surface area contributed by atoms with Crippen molar-refractivity contribution in [3.8, 4) is 11.5 Å². The second-order valence-corrected chi connectivity index (χ2v) is 3.94. The lowest BCUT2D eigenvalue weighted by Gasteiger charge is -2.10. The fraction of sp³-hybridized carbons (Fsp3) is 0.0714. The van der Waals surface area contributed by atoms with Gasteiger partial charge in [0.05, 0.1) is 12.8 Å². The van der Waals surface area contributed by atoms with Crippen molar-refractivity contribution in [3.05, 3.63) is 54.1 Å². The molecule has 21 heavy (non-hydrogen) atoms. The number of carbonyl (C=O) groups is 1. The maximum atomic E-state index is 13.3. The van der Waals surface area contributed by atoms with E-state index in [0.29, 0.717) is 17.5 Å². The third-order valence-corrected chi connectivity index (χ3v) is 2.50. The molecule has 5 nitrogen and oxygen atoms in total. The highest BCUT2D eigenvalue weighted by atomic mass is 19.1. The monoisotopic (exact) mass is 294 g/mol. The van der Waals surface area contributed by atoms with Gasteiger partial charge in [0, 0.05) is 6.07 Å². The summed E-state index contributed by atoms with van der Waals surface area (Å²) in [5.41, 5.74) is 5.36. The number of carbonyl (C=O) groups excluding carboxylic acids is 1. The summed E-state index contributed by atoms with van der Waals surface area (Å²) < 4.78 is 35.6. The summed E-state index contributed by atoms with van der Waals surface area (Å²) in [4.78, 5) is 11.5. The molecule has 0 aliphatic heterocycles. The fourth-order valence-electron chi connectivity index (χ4n) is 1.48. The van der Waals surface area contributed by atoms with Crippen LogP contribution in [0.1, 0.15) is 0 Å². The molecule has 110 valence electrons. The van der Waals surface area contributed by atoms with Crippen molar-refractivity contribution in [1.29, 1.82) is 0 Å². The molecule has 7 heteroatoms. The van der Waals surface area contributed by atoms with Crippen molar-refractivity contribution in [2.24, 2.45) is 0 Å². The van der Waals surface area contributed by atoms with Crippen molar-refractivity contribution < 1.29 is 23.0 Å². The number of rotatable bonds is 4. The number of ether oxygens (including phenoxy) is 2. The van der Waals surface area contributed by atoms with E-state index in [9.17, 15) is 13.6 Å². The van der Waals surface area contributed by atoms with Gasteiger partial charge in [-0.2, -0.15) is 0 Å². The minimum Gasteiger partial charge on any atom is -0.497 e. The van der Waals surface area contributed by atoms with Gasteiger partial charge < -0.3 is 9.47 Å². The van der Waals surface area contributed by atoms with Crippen LogP contribution in [-0.2, 0) is 0 Å². The summed E-state index contributed by atoms with van der Waals surface area (Å²) in [7, 11) is 1.54. The first-order valence-electron chi connectivity index (χ1n) is 5.91. The molecule has 0 heterocycles. The van der Waals surface area contributed by atoms with Crippen LogP contribution in [-0.4, -0.2) is 13.2 Å². The highest BCUT2D eigenvalue weighted by molar-refractivity contribution is 5.72. The minimum atomic E-state index is -0.963. The van der Waals surface area contributed by atoms with Gasteiger partial charge in [0.25, 0.3) is 0 Å². The second-order valence-electron chi connectivity index (χ2n) is 3.94. The van der Waals surface area contributed by atoms with Gasteiger partial charge in [0.2, 0.25) is 0 Å². The molecule has 0 unspecified atom stereocenters. The number of hydrogen-bond acceptors (Lipinski definition) is 4. The van der Waals surface area contributed by atoms with Gasteiger partial charge in [-0.1, -0.05) is 0 Å². The Morgan fingerprint density at radius 3 is 2.43 bits per heavy atom. The molecule has 2 aromatic carbocycles. The molecule has 0 fully saturated rings. The molecule has 2 N–H and O–H groups in total. The van der Waals surface area contributed by atoms with Crippen LogP contribution in [0, 0.1) is 11.6 Å². The molecule has 0 saturated carbocycles. The predicted molar refractivity (Wildman–Crippen MR) is 72.1 cm³/mol. The third-order valence-electron chi connectivity index (χ3n) is 2.50.